The van der Waals surface area contributed by atoms with Gasteiger partial charge in [-0.05, 0) is 11.6 Å². The van der Waals surface area contributed by atoms with E-state index in [1.807, 2.05) is 12.1 Å². The number of aromatic nitrogens is 3. The predicted octanol–water partition coefficient (Wildman–Crippen LogP) is 0.933. The summed E-state index contributed by atoms with van der Waals surface area (Å²) in [6, 6.07) is 3.73. The van der Waals surface area contributed by atoms with Gasteiger partial charge in [0.1, 0.15) is 0 Å². The zero-order valence-corrected chi connectivity index (χ0v) is 9.84. The van der Waals surface area contributed by atoms with Gasteiger partial charge in [-0.25, -0.2) is 15.2 Å². The molecule has 94 valence electrons. The lowest BCUT2D eigenvalue weighted by molar-refractivity contribution is 0.607. The molecular formula is C11H13FN6. The van der Waals surface area contributed by atoms with Crippen LogP contribution in [0.2, 0.25) is 0 Å². The van der Waals surface area contributed by atoms with Crippen molar-refractivity contribution in [3.05, 3.63) is 42.1 Å². The zero-order chi connectivity index (χ0) is 13.0. The first-order valence-electron chi connectivity index (χ1n) is 5.30. The number of hydrogen-bond acceptors (Lipinski definition) is 6. The first-order valence-corrected chi connectivity index (χ1v) is 5.30. The van der Waals surface area contributed by atoms with E-state index in [9.17, 15) is 4.39 Å². The number of hydrazine groups is 1. The second-order valence-corrected chi connectivity index (χ2v) is 3.73. The van der Waals surface area contributed by atoms with Crippen LogP contribution in [-0.4, -0.2) is 22.0 Å². The first kappa shape index (κ1) is 12.2. The van der Waals surface area contributed by atoms with E-state index in [0.717, 1.165) is 11.8 Å². The van der Waals surface area contributed by atoms with Gasteiger partial charge in [-0.1, -0.05) is 6.07 Å². The predicted molar refractivity (Wildman–Crippen MR) is 66.1 cm³/mol. The van der Waals surface area contributed by atoms with Crippen molar-refractivity contribution in [2.75, 3.05) is 17.4 Å². The fraction of sp³-hybridized carbons (Fsp3) is 0.182. The second-order valence-electron chi connectivity index (χ2n) is 3.73. The van der Waals surface area contributed by atoms with Gasteiger partial charge >= 0.3 is 0 Å². The van der Waals surface area contributed by atoms with Crippen LogP contribution in [0.3, 0.4) is 0 Å². The molecule has 2 aromatic rings. The van der Waals surface area contributed by atoms with E-state index in [1.165, 1.54) is 0 Å². The molecule has 0 atom stereocenters. The standard InChI is InChI=1S/C11H13FN6/c1-18(7-8-3-2-4-14-5-8)10-9(12)6-15-11(16-10)17-13/h2-6H,7,13H2,1H3,(H,15,16,17). The number of nitrogens with two attached hydrogens (primary N) is 1. The molecule has 0 fully saturated rings. The quantitative estimate of drug-likeness (QED) is 0.619. The summed E-state index contributed by atoms with van der Waals surface area (Å²) in [4.78, 5) is 13.3. The Morgan fingerprint density at radius 2 is 2.28 bits per heavy atom. The van der Waals surface area contributed by atoms with E-state index in [4.69, 9.17) is 5.84 Å². The molecule has 18 heavy (non-hydrogen) atoms. The van der Waals surface area contributed by atoms with E-state index in [1.54, 1.807) is 24.3 Å². The molecule has 0 aliphatic heterocycles. The number of nitrogen functional groups attached to an aromatic ring is 1. The Morgan fingerprint density at radius 3 is 2.94 bits per heavy atom. The molecule has 0 aliphatic carbocycles. The van der Waals surface area contributed by atoms with Crippen LogP contribution in [-0.2, 0) is 6.54 Å². The van der Waals surface area contributed by atoms with Crippen LogP contribution in [0.4, 0.5) is 16.2 Å². The van der Waals surface area contributed by atoms with Gasteiger partial charge in [-0.15, -0.1) is 0 Å². The van der Waals surface area contributed by atoms with Crippen molar-refractivity contribution in [1.82, 2.24) is 15.0 Å². The number of nitrogens with one attached hydrogen (secondary N) is 1. The van der Waals surface area contributed by atoms with Crippen molar-refractivity contribution in [1.29, 1.82) is 0 Å². The number of anilines is 2. The van der Waals surface area contributed by atoms with E-state index >= 15 is 0 Å². The van der Waals surface area contributed by atoms with E-state index in [2.05, 4.69) is 20.4 Å². The Labute approximate surface area is 104 Å². The summed E-state index contributed by atoms with van der Waals surface area (Å²) in [7, 11) is 1.73. The van der Waals surface area contributed by atoms with E-state index < -0.39 is 5.82 Å². The van der Waals surface area contributed by atoms with Gasteiger partial charge in [0, 0.05) is 26.0 Å². The molecule has 0 aromatic carbocycles. The van der Waals surface area contributed by atoms with Gasteiger partial charge in [0.2, 0.25) is 5.95 Å². The maximum atomic E-state index is 13.6. The minimum absolute atomic E-state index is 0.171. The third kappa shape index (κ3) is 2.69. The fourth-order valence-corrected chi connectivity index (χ4v) is 1.54. The van der Waals surface area contributed by atoms with Crippen LogP contribution in [0.15, 0.2) is 30.7 Å². The van der Waals surface area contributed by atoms with Crippen molar-refractivity contribution < 1.29 is 4.39 Å². The molecule has 3 N–H and O–H groups in total. The van der Waals surface area contributed by atoms with Gasteiger partial charge in [0.15, 0.2) is 11.6 Å². The number of nitrogens with zero attached hydrogens (tertiary/aromatic N) is 4. The molecule has 0 spiro atoms. The molecule has 2 rings (SSSR count). The Hall–Kier alpha value is -2.28. The maximum Gasteiger partial charge on any atom is 0.239 e. The van der Waals surface area contributed by atoms with Crippen LogP contribution in [0.1, 0.15) is 5.56 Å². The van der Waals surface area contributed by atoms with Gasteiger partial charge in [0.05, 0.1) is 6.20 Å². The fourth-order valence-electron chi connectivity index (χ4n) is 1.54. The smallest absolute Gasteiger partial charge is 0.239 e. The topological polar surface area (TPSA) is 80.0 Å². The Balaban J connectivity index is 2.20. The highest BCUT2D eigenvalue weighted by Crippen LogP contribution is 2.17. The molecule has 0 saturated heterocycles. The molecule has 0 unspecified atom stereocenters. The lowest BCUT2D eigenvalue weighted by Crippen LogP contribution is -2.21. The molecule has 0 radical (unpaired) electrons. The van der Waals surface area contributed by atoms with Crippen molar-refractivity contribution >= 4 is 11.8 Å². The van der Waals surface area contributed by atoms with Crippen LogP contribution >= 0.6 is 0 Å². The van der Waals surface area contributed by atoms with Crippen LogP contribution in [0.25, 0.3) is 0 Å². The van der Waals surface area contributed by atoms with Gasteiger partial charge in [-0.2, -0.15) is 4.98 Å². The minimum Gasteiger partial charge on any atom is -0.353 e. The van der Waals surface area contributed by atoms with Crippen molar-refractivity contribution in [3.63, 3.8) is 0 Å². The second kappa shape index (κ2) is 5.37. The summed E-state index contributed by atoms with van der Waals surface area (Å²) in [5, 5.41) is 0. The Bertz CT molecular complexity index is 518. The Morgan fingerprint density at radius 1 is 1.44 bits per heavy atom. The molecule has 0 bridgehead atoms. The summed E-state index contributed by atoms with van der Waals surface area (Å²) in [6.45, 7) is 0.492. The van der Waals surface area contributed by atoms with Crippen LogP contribution < -0.4 is 16.2 Å². The first-order chi connectivity index (χ1) is 8.70. The Kier molecular flexibility index (Phi) is 3.63. The summed E-state index contributed by atoms with van der Waals surface area (Å²) in [5.41, 5.74) is 3.24. The number of hydrogen-bond donors (Lipinski definition) is 2. The highest BCUT2D eigenvalue weighted by atomic mass is 19.1. The van der Waals surface area contributed by atoms with Gasteiger partial charge in [-0.3, -0.25) is 10.4 Å². The lowest BCUT2D eigenvalue weighted by atomic mass is 10.3. The molecular weight excluding hydrogens is 235 g/mol. The third-order valence-electron chi connectivity index (χ3n) is 2.36. The largest absolute Gasteiger partial charge is 0.353 e. The SMILES string of the molecule is CN(Cc1cccnc1)c1nc(NN)ncc1F. The summed E-state index contributed by atoms with van der Waals surface area (Å²) in [6.07, 6.45) is 4.49. The summed E-state index contributed by atoms with van der Waals surface area (Å²) in [5.74, 6) is 5.05. The summed E-state index contributed by atoms with van der Waals surface area (Å²) >= 11 is 0. The molecule has 7 heteroatoms. The lowest BCUT2D eigenvalue weighted by Gasteiger charge is -2.18. The number of halogens is 1. The highest BCUT2D eigenvalue weighted by molar-refractivity contribution is 5.43. The normalized spacial score (nSPS) is 10.2. The van der Waals surface area contributed by atoms with Gasteiger partial charge < -0.3 is 4.90 Å². The molecule has 0 amide bonds. The maximum absolute atomic E-state index is 13.6. The molecule has 2 heterocycles. The minimum atomic E-state index is -0.500. The van der Waals surface area contributed by atoms with Gasteiger partial charge in [0.25, 0.3) is 0 Å². The monoisotopic (exact) mass is 248 g/mol. The van der Waals surface area contributed by atoms with Crippen molar-refractivity contribution in [3.8, 4) is 0 Å². The zero-order valence-electron chi connectivity index (χ0n) is 9.84. The van der Waals surface area contributed by atoms with E-state index in [-0.39, 0.29) is 11.8 Å². The molecule has 6 nitrogen and oxygen atoms in total. The average molecular weight is 248 g/mol. The number of rotatable bonds is 4. The summed E-state index contributed by atoms with van der Waals surface area (Å²) < 4.78 is 13.6. The number of pyridine rings is 1. The van der Waals surface area contributed by atoms with Crippen molar-refractivity contribution in [2.45, 2.75) is 6.54 Å². The third-order valence-corrected chi connectivity index (χ3v) is 2.36. The molecule has 2 aromatic heterocycles. The van der Waals surface area contributed by atoms with E-state index in [0.29, 0.717) is 6.54 Å². The average Bonchev–Trinajstić information content (AvgIpc) is 2.40. The van der Waals surface area contributed by atoms with Crippen LogP contribution in [0.5, 0.6) is 0 Å². The van der Waals surface area contributed by atoms with Crippen LogP contribution in [0, 0.1) is 5.82 Å². The molecule has 0 aliphatic rings. The molecule has 0 saturated carbocycles. The van der Waals surface area contributed by atoms with Crippen molar-refractivity contribution in [2.24, 2.45) is 5.84 Å². The highest BCUT2D eigenvalue weighted by Gasteiger charge is 2.11.